The average Bonchev–Trinajstić information content (AvgIpc) is 2.54. The molecule has 1 heterocycles. The number of sulfone groups is 1. The van der Waals surface area contributed by atoms with E-state index < -0.39 is 21.8 Å². The number of carboxylic acids is 1. The van der Waals surface area contributed by atoms with Gasteiger partial charge in [0, 0.05) is 18.5 Å². The Morgan fingerprint density at radius 2 is 2.11 bits per heavy atom. The molecule has 0 radical (unpaired) electrons. The van der Waals surface area contributed by atoms with Crippen LogP contribution in [0, 0.1) is 0 Å². The van der Waals surface area contributed by atoms with E-state index >= 15 is 0 Å². The van der Waals surface area contributed by atoms with Crippen LogP contribution in [-0.4, -0.2) is 49.1 Å². The Balaban J connectivity index is 2.27. The second kappa shape index (κ2) is 6.03. The van der Waals surface area contributed by atoms with Crippen LogP contribution in [0.5, 0.6) is 0 Å². The smallest absolute Gasteiger partial charge is 0.315 e. The van der Waals surface area contributed by atoms with Crippen molar-refractivity contribution in [3.8, 4) is 0 Å². The highest BCUT2D eigenvalue weighted by atomic mass is 32.2. The highest BCUT2D eigenvalue weighted by Gasteiger charge is 2.29. The van der Waals surface area contributed by atoms with Crippen LogP contribution in [0.3, 0.4) is 0 Å². The van der Waals surface area contributed by atoms with Gasteiger partial charge in [-0.15, -0.1) is 0 Å². The summed E-state index contributed by atoms with van der Waals surface area (Å²) in [5.74, 6) is -0.831. The van der Waals surface area contributed by atoms with E-state index in [9.17, 15) is 18.0 Å². The van der Waals surface area contributed by atoms with Gasteiger partial charge in [0.05, 0.1) is 11.5 Å². The Kier molecular flexibility index (Phi) is 4.94. The zero-order valence-electron chi connectivity index (χ0n) is 10.2. The number of hydrogen-bond donors (Lipinski definition) is 3. The molecule has 0 aromatic heterocycles. The molecule has 8 heteroatoms. The number of nitrogens with one attached hydrogen (secondary N) is 2. The fourth-order valence-corrected chi connectivity index (χ4v) is 3.45. The molecule has 0 aromatic carbocycles. The summed E-state index contributed by atoms with van der Waals surface area (Å²) in [5, 5.41) is 13.6. The molecule has 0 bridgehead atoms. The van der Waals surface area contributed by atoms with Crippen molar-refractivity contribution in [2.75, 3.05) is 11.5 Å². The number of carbonyl (C=O) groups is 2. The van der Waals surface area contributed by atoms with Crippen LogP contribution < -0.4 is 10.6 Å². The van der Waals surface area contributed by atoms with Crippen LogP contribution in [0.4, 0.5) is 4.79 Å². The van der Waals surface area contributed by atoms with Gasteiger partial charge in [-0.1, -0.05) is 0 Å². The van der Waals surface area contributed by atoms with Gasteiger partial charge in [-0.3, -0.25) is 4.79 Å². The van der Waals surface area contributed by atoms with E-state index in [1.807, 2.05) is 0 Å². The van der Waals surface area contributed by atoms with Gasteiger partial charge in [-0.2, -0.15) is 0 Å². The summed E-state index contributed by atoms with van der Waals surface area (Å²) in [4.78, 5) is 21.8. The molecule has 3 N–H and O–H groups in total. The second-order valence-corrected chi connectivity index (χ2v) is 6.78. The molecule has 2 amide bonds. The molecule has 2 atom stereocenters. The number of amides is 2. The summed E-state index contributed by atoms with van der Waals surface area (Å²) in [5.41, 5.74) is 0. The van der Waals surface area contributed by atoms with Crippen molar-refractivity contribution in [3.05, 3.63) is 0 Å². The number of rotatable bonds is 5. The minimum absolute atomic E-state index is 0.0146. The van der Waals surface area contributed by atoms with Crippen LogP contribution >= 0.6 is 0 Å². The molecule has 0 spiro atoms. The van der Waals surface area contributed by atoms with E-state index in [0.29, 0.717) is 12.8 Å². The normalized spacial score (nSPS) is 23.3. The maximum absolute atomic E-state index is 11.5. The number of urea groups is 1. The summed E-state index contributed by atoms with van der Waals surface area (Å²) in [6, 6.07) is -1.06. The van der Waals surface area contributed by atoms with E-state index in [4.69, 9.17) is 5.11 Å². The Labute approximate surface area is 106 Å². The first-order valence-electron chi connectivity index (χ1n) is 5.78. The molecule has 0 aromatic rings. The predicted octanol–water partition coefficient (Wildman–Crippen LogP) is -0.274. The molecule has 18 heavy (non-hydrogen) atoms. The molecule has 104 valence electrons. The SMILES string of the molecule is CC(CCC(=O)O)NC(=O)NC1CCS(=O)(=O)C1. The van der Waals surface area contributed by atoms with E-state index in [-0.39, 0.29) is 30.0 Å². The van der Waals surface area contributed by atoms with Crippen molar-refractivity contribution in [1.82, 2.24) is 10.6 Å². The lowest BCUT2D eigenvalue weighted by molar-refractivity contribution is -0.137. The Bertz CT molecular complexity index is 420. The molecule has 0 saturated carbocycles. The highest BCUT2D eigenvalue weighted by molar-refractivity contribution is 7.91. The van der Waals surface area contributed by atoms with Crippen LogP contribution in [0.25, 0.3) is 0 Å². The molecule has 0 aliphatic carbocycles. The number of carbonyl (C=O) groups excluding carboxylic acids is 1. The van der Waals surface area contributed by atoms with E-state index in [1.165, 1.54) is 0 Å². The van der Waals surface area contributed by atoms with Gasteiger partial charge in [-0.25, -0.2) is 13.2 Å². The van der Waals surface area contributed by atoms with Gasteiger partial charge in [0.1, 0.15) is 0 Å². The first kappa shape index (κ1) is 14.7. The topological polar surface area (TPSA) is 113 Å². The number of carboxylic acid groups (broad SMARTS) is 1. The largest absolute Gasteiger partial charge is 0.481 e. The second-order valence-electron chi connectivity index (χ2n) is 4.55. The Morgan fingerprint density at radius 3 is 2.61 bits per heavy atom. The lowest BCUT2D eigenvalue weighted by Crippen LogP contribution is -2.45. The minimum atomic E-state index is -3.01. The fourth-order valence-electron chi connectivity index (χ4n) is 1.77. The van der Waals surface area contributed by atoms with Crippen molar-refractivity contribution >= 4 is 21.8 Å². The van der Waals surface area contributed by atoms with Crippen molar-refractivity contribution < 1.29 is 23.1 Å². The van der Waals surface area contributed by atoms with Gasteiger partial charge in [-0.05, 0) is 19.8 Å². The standard InChI is InChI=1S/C10H18N2O5S/c1-7(2-3-9(13)14)11-10(15)12-8-4-5-18(16,17)6-8/h7-8H,2-6H2,1H3,(H,13,14)(H2,11,12,15). The molecule has 2 unspecified atom stereocenters. The van der Waals surface area contributed by atoms with Crippen LogP contribution in [0.15, 0.2) is 0 Å². The highest BCUT2D eigenvalue weighted by Crippen LogP contribution is 2.11. The molecule has 1 aliphatic rings. The van der Waals surface area contributed by atoms with Crippen LogP contribution in [0.2, 0.25) is 0 Å². The lowest BCUT2D eigenvalue weighted by atomic mass is 10.2. The zero-order valence-corrected chi connectivity index (χ0v) is 11.0. The van der Waals surface area contributed by atoms with E-state index in [1.54, 1.807) is 6.92 Å². The molecular formula is C10H18N2O5S. The first-order valence-corrected chi connectivity index (χ1v) is 7.60. The van der Waals surface area contributed by atoms with Gasteiger partial charge in [0.15, 0.2) is 9.84 Å². The monoisotopic (exact) mass is 278 g/mol. The van der Waals surface area contributed by atoms with Gasteiger partial charge in [0.25, 0.3) is 0 Å². The Hall–Kier alpha value is -1.31. The Morgan fingerprint density at radius 1 is 1.44 bits per heavy atom. The predicted molar refractivity (Wildman–Crippen MR) is 65.1 cm³/mol. The van der Waals surface area contributed by atoms with Gasteiger partial charge >= 0.3 is 12.0 Å². The third-order valence-electron chi connectivity index (χ3n) is 2.74. The third kappa shape index (κ3) is 5.35. The van der Waals surface area contributed by atoms with Crippen molar-refractivity contribution in [2.24, 2.45) is 0 Å². The van der Waals surface area contributed by atoms with Crippen LogP contribution in [0.1, 0.15) is 26.2 Å². The van der Waals surface area contributed by atoms with Crippen molar-refractivity contribution in [1.29, 1.82) is 0 Å². The maximum Gasteiger partial charge on any atom is 0.315 e. The fraction of sp³-hybridized carbons (Fsp3) is 0.800. The molecular weight excluding hydrogens is 260 g/mol. The van der Waals surface area contributed by atoms with Crippen molar-refractivity contribution in [2.45, 2.75) is 38.3 Å². The quantitative estimate of drug-likeness (QED) is 0.640. The molecule has 1 saturated heterocycles. The number of aliphatic carboxylic acids is 1. The van der Waals surface area contributed by atoms with Crippen LogP contribution in [-0.2, 0) is 14.6 Å². The summed E-state index contributed by atoms with van der Waals surface area (Å²) < 4.78 is 22.4. The molecule has 7 nitrogen and oxygen atoms in total. The average molecular weight is 278 g/mol. The zero-order chi connectivity index (χ0) is 13.8. The summed E-state index contributed by atoms with van der Waals surface area (Å²) in [7, 11) is -3.01. The van der Waals surface area contributed by atoms with Crippen molar-refractivity contribution in [3.63, 3.8) is 0 Å². The summed E-state index contributed by atoms with van der Waals surface area (Å²) >= 11 is 0. The minimum Gasteiger partial charge on any atom is -0.481 e. The molecule has 1 rings (SSSR count). The first-order chi connectivity index (χ1) is 8.28. The summed E-state index contributed by atoms with van der Waals surface area (Å²) in [6.45, 7) is 1.70. The van der Waals surface area contributed by atoms with E-state index in [0.717, 1.165) is 0 Å². The third-order valence-corrected chi connectivity index (χ3v) is 4.50. The molecule has 1 aliphatic heterocycles. The number of hydrogen-bond acceptors (Lipinski definition) is 4. The summed E-state index contributed by atoms with van der Waals surface area (Å²) in [6.07, 6.45) is 0.754. The maximum atomic E-state index is 11.5. The lowest BCUT2D eigenvalue weighted by Gasteiger charge is -2.16. The van der Waals surface area contributed by atoms with E-state index in [2.05, 4.69) is 10.6 Å². The van der Waals surface area contributed by atoms with Gasteiger partial charge in [0.2, 0.25) is 0 Å². The molecule has 1 fully saturated rings. The van der Waals surface area contributed by atoms with Gasteiger partial charge < -0.3 is 15.7 Å².